The van der Waals surface area contributed by atoms with Crippen LogP contribution in [0.15, 0.2) is 22.7 Å². The van der Waals surface area contributed by atoms with E-state index in [2.05, 4.69) is 27.5 Å². The van der Waals surface area contributed by atoms with Gasteiger partial charge in [-0.1, -0.05) is 12.5 Å². The second kappa shape index (κ2) is 8.43. The summed E-state index contributed by atoms with van der Waals surface area (Å²) in [6.07, 6.45) is 5.49. The van der Waals surface area contributed by atoms with Gasteiger partial charge >= 0.3 is 0 Å². The van der Waals surface area contributed by atoms with E-state index in [-0.39, 0.29) is 5.91 Å². The fraction of sp³-hybridized carbons (Fsp3) is 0.462. The van der Waals surface area contributed by atoms with Crippen molar-refractivity contribution in [3.8, 4) is 0 Å². The second-order valence-electron chi connectivity index (χ2n) is 4.02. The number of anilines is 1. The quantitative estimate of drug-likeness (QED) is 0.595. The first kappa shape index (κ1) is 15.4. The zero-order valence-electron chi connectivity index (χ0n) is 10.5. The van der Waals surface area contributed by atoms with E-state index in [4.69, 9.17) is 5.73 Å². The molecule has 3 nitrogen and oxygen atoms in total. The van der Waals surface area contributed by atoms with Gasteiger partial charge in [-0.15, -0.1) is 0 Å². The summed E-state index contributed by atoms with van der Waals surface area (Å²) in [4.78, 5) is 11.9. The second-order valence-corrected chi connectivity index (χ2v) is 5.80. The lowest BCUT2D eigenvalue weighted by Gasteiger charge is -2.08. The van der Waals surface area contributed by atoms with E-state index in [1.54, 1.807) is 18.2 Å². The fourth-order valence-electron chi connectivity index (χ4n) is 1.57. The van der Waals surface area contributed by atoms with Crippen molar-refractivity contribution < 1.29 is 4.79 Å². The molecule has 0 bridgehead atoms. The molecule has 0 aliphatic rings. The molecular formula is C13H19BrN2OS. The van der Waals surface area contributed by atoms with Crippen molar-refractivity contribution in [1.29, 1.82) is 0 Å². The molecule has 1 rings (SSSR count). The molecule has 1 aromatic rings. The molecule has 3 N–H and O–H groups in total. The summed E-state index contributed by atoms with van der Waals surface area (Å²) in [6.45, 7) is 0.717. The number of benzene rings is 1. The number of halogens is 1. The van der Waals surface area contributed by atoms with Gasteiger partial charge in [0.15, 0.2) is 0 Å². The number of nitrogens with one attached hydrogen (secondary N) is 1. The molecule has 100 valence electrons. The highest BCUT2D eigenvalue weighted by Gasteiger charge is 2.10. The van der Waals surface area contributed by atoms with E-state index >= 15 is 0 Å². The van der Waals surface area contributed by atoms with Crippen molar-refractivity contribution in [1.82, 2.24) is 5.32 Å². The number of nitrogen functional groups attached to an aromatic ring is 1. The summed E-state index contributed by atoms with van der Waals surface area (Å²) < 4.78 is 0.671. The highest BCUT2D eigenvalue weighted by Crippen LogP contribution is 2.23. The smallest absolute Gasteiger partial charge is 0.252 e. The van der Waals surface area contributed by atoms with Crippen LogP contribution in [0.25, 0.3) is 0 Å². The van der Waals surface area contributed by atoms with E-state index in [0.29, 0.717) is 22.3 Å². The summed E-state index contributed by atoms with van der Waals surface area (Å²) in [5.41, 5.74) is 6.92. The van der Waals surface area contributed by atoms with Gasteiger partial charge in [-0.25, -0.2) is 0 Å². The third-order valence-electron chi connectivity index (χ3n) is 2.58. The molecule has 0 aliphatic carbocycles. The minimum atomic E-state index is -0.0703. The topological polar surface area (TPSA) is 55.1 Å². The molecule has 0 aromatic heterocycles. The number of rotatable bonds is 7. The van der Waals surface area contributed by atoms with Gasteiger partial charge in [0.1, 0.15) is 0 Å². The van der Waals surface area contributed by atoms with Crippen molar-refractivity contribution in [2.45, 2.75) is 19.3 Å². The third kappa shape index (κ3) is 4.90. The molecular weight excluding hydrogens is 312 g/mol. The predicted octanol–water partition coefficient (Wildman–Crippen LogP) is 3.29. The minimum absolute atomic E-state index is 0.0703. The normalized spacial score (nSPS) is 10.3. The highest BCUT2D eigenvalue weighted by molar-refractivity contribution is 9.10. The Hall–Kier alpha value is -0.680. The number of nitrogens with two attached hydrogens (primary N) is 1. The Morgan fingerprint density at radius 1 is 1.39 bits per heavy atom. The highest BCUT2D eigenvalue weighted by atomic mass is 79.9. The van der Waals surface area contributed by atoms with Crippen LogP contribution in [-0.4, -0.2) is 24.5 Å². The zero-order chi connectivity index (χ0) is 13.4. The van der Waals surface area contributed by atoms with Gasteiger partial charge in [-0.2, -0.15) is 11.8 Å². The van der Waals surface area contributed by atoms with Crippen LogP contribution in [0, 0.1) is 0 Å². The molecule has 0 saturated carbocycles. The van der Waals surface area contributed by atoms with Crippen LogP contribution < -0.4 is 11.1 Å². The standard InChI is InChI=1S/C13H19BrN2OS/c1-18-9-4-2-3-8-16-13(17)10-6-5-7-11(15)12(10)14/h5-7H,2-4,8-9,15H2,1H3,(H,16,17). The maximum absolute atomic E-state index is 11.9. The lowest BCUT2D eigenvalue weighted by molar-refractivity contribution is 0.0952. The number of hydrogen-bond donors (Lipinski definition) is 2. The Labute approximate surface area is 121 Å². The number of amides is 1. The Morgan fingerprint density at radius 3 is 2.89 bits per heavy atom. The fourth-order valence-corrected chi connectivity index (χ4v) is 2.51. The van der Waals surface area contributed by atoms with Crippen LogP contribution >= 0.6 is 27.7 Å². The number of carbonyl (C=O) groups excluding carboxylic acids is 1. The number of thioether (sulfide) groups is 1. The van der Waals surface area contributed by atoms with E-state index < -0.39 is 0 Å². The Morgan fingerprint density at radius 2 is 2.17 bits per heavy atom. The van der Waals surface area contributed by atoms with E-state index in [1.807, 2.05) is 11.8 Å². The molecule has 5 heteroatoms. The largest absolute Gasteiger partial charge is 0.398 e. The molecule has 0 aliphatic heterocycles. The van der Waals surface area contributed by atoms with Crippen LogP contribution in [0.2, 0.25) is 0 Å². The predicted molar refractivity (Wildman–Crippen MR) is 83.1 cm³/mol. The van der Waals surface area contributed by atoms with Crippen molar-refractivity contribution in [3.05, 3.63) is 28.2 Å². The van der Waals surface area contributed by atoms with Gasteiger partial charge in [-0.05, 0) is 52.9 Å². The molecule has 0 radical (unpaired) electrons. The number of unbranched alkanes of at least 4 members (excludes halogenated alkanes) is 2. The van der Waals surface area contributed by atoms with Crippen molar-refractivity contribution in [3.63, 3.8) is 0 Å². The SMILES string of the molecule is CSCCCCCNC(=O)c1cccc(N)c1Br. The summed E-state index contributed by atoms with van der Waals surface area (Å²) in [5, 5.41) is 2.91. The van der Waals surface area contributed by atoms with Gasteiger partial charge in [0.05, 0.1) is 10.0 Å². The van der Waals surface area contributed by atoms with Crippen molar-refractivity contribution >= 4 is 39.3 Å². The lowest BCUT2D eigenvalue weighted by Crippen LogP contribution is -2.25. The Bertz CT molecular complexity index is 399. The molecule has 18 heavy (non-hydrogen) atoms. The Kier molecular flexibility index (Phi) is 7.20. The van der Waals surface area contributed by atoms with Gasteiger partial charge in [-0.3, -0.25) is 4.79 Å². The first-order valence-electron chi connectivity index (χ1n) is 5.98. The van der Waals surface area contributed by atoms with E-state index in [0.717, 1.165) is 12.8 Å². The van der Waals surface area contributed by atoms with Crippen LogP contribution in [0.3, 0.4) is 0 Å². The van der Waals surface area contributed by atoms with Gasteiger partial charge in [0.25, 0.3) is 5.91 Å². The molecule has 1 amide bonds. The molecule has 0 heterocycles. The molecule has 0 saturated heterocycles. The van der Waals surface area contributed by atoms with Gasteiger partial charge in [0.2, 0.25) is 0 Å². The molecule has 0 spiro atoms. The Balaban J connectivity index is 2.35. The molecule has 0 fully saturated rings. The first-order valence-corrected chi connectivity index (χ1v) is 8.16. The zero-order valence-corrected chi connectivity index (χ0v) is 12.9. The third-order valence-corrected chi connectivity index (χ3v) is 4.17. The van der Waals surface area contributed by atoms with Gasteiger partial charge in [0, 0.05) is 12.2 Å². The van der Waals surface area contributed by atoms with E-state index in [1.165, 1.54) is 12.2 Å². The average molecular weight is 331 g/mol. The van der Waals surface area contributed by atoms with E-state index in [9.17, 15) is 4.79 Å². The van der Waals surface area contributed by atoms with Crippen LogP contribution in [0.1, 0.15) is 29.6 Å². The molecule has 1 aromatic carbocycles. The van der Waals surface area contributed by atoms with Crippen molar-refractivity contribution in [2.75, 3.05) is 24.3 Å². The maximum atomic E-state index is 11.9. The summed E-state index contributed by atoms with van der Waals surface area (Å²) in [6, 6.07) is 5.32. The minimum Gasteiger partial charge on any atom is -0.398 e. The van der Waals surface area contributed by atoms with Crippen LogP contribution in [0.4, 0.5) is 5.69 Å². The number of carbonyl (C=O) groups is 1. The summed E-state index contributed by atoms with van der Waals surface area (Å²) in [5.74, 6) is 1.12. The van der Waals surface area contributed by atoms with Crippen molar-refractivity contribution in [2.24, 2.45) is 0 Å². The monoisotopic (exact) mass is 330 g/mol. The maximum Gasteiger partial charge on any atom is 0.252 e. The molecule has 0 unspecified atom stereocenters. The lowest BCUT2D eigenvalue weighted by atomic mass is 10.2. The number of hydrogen-bond acceptors (Lipinski definition) is 3. The first-order chi connectivity index (χ1) is 8.66. The summed E-state index contributed by atoms with van der Waals surface area (Å²) in [7, 11) is 0. The summed E-state index contributed by atoms with van der Waals surface area (Å²) >= 11 is 5.19. The van der Waals surface area contributed by atoms with Crippen LogP contribution in [0.5, 0.6) is 0 Å². The van der Waals surface area contributed by atoms with Crippen LogP contribution in [-0.2, 0) is 0 Å². The van der Waals surface area contributed by atoms with Gasteiger partial charge < -0.3 is 11.1 Å². The molecule has 0 atom stereocenters. The average Bonchev–Trinajstić information content (AvgIpc) is 2.36.